The molecule has 1 N–H and O–H groups in total. The third-order valence-corrected chi connectivity index (χ3v) is 2.57. The Hall–Kier alpha value is -1.81. The average molecular weight is 231 g/mol. The fourth-order valence-corrected chi connectivity index (χ4v) is 1.71. The van der Waals surface area contributed by atoms with Crippen molar-refractivity contribution in [2.75, 3.05) is 7.05 Å². The first kappa shape index (κ1) is 11.7. The fourth-order valence-electron chi connectivity index (χ4n) is 1.71. The van der Waals surface area contributed by atoms with Crippen LogP contribution in [0.2, 0.25) is 0 Å². The number of likely N-dealkylation sites (N-methyl/N-ethyl adjacent to an activating group) is 1. The second-order valence-corrected chi connectivity index (χ2v) is 3.78. The Morgan fingerprint density at radius 2 is 2.00 bits per heavy atom. The van der Waals surface area contributed by atoms with Gasteiger partial charge in [0.2, 0.25) is 0 Å². The molecule has 0 radical (unpaired) electrons. The fraction of sp³-hybridized carbons (Fsp3) is 0.231. The highest BCUT2D eigenvalue weighted by atomic mass is 19.1. The van der Waals surface area contributed by atoms with Crippen LogP contribution < -0.4 is 5.32 Å². The van der Waals surface area contributed by atoms with Crippen LogP contribution in [0.4, 0.5) is 4.39 Å². The van der Waals surface area contributed by atoms with E-state index in [-0.39, 0.29) is 11.9 Å². The minimum Gasteiger partial charge on any atom is -0.310 e. The van der Waals surface area contributed by atoms with Gasteiger partial charge in [-0.3, -0.25) is 0 Å². The smallest absolute Gasteiger partial charge is 0.145 e. The zero-order valence-corrected chi connectivity index (χ0v) is 9.60. The van der Waals surface area contributed by atoms with E-state index in [1.54, 1.807) is 24.5 Å². The van der Waals surface area contributed by atoms with Crippen LogP contribution in [0.25, 0.3) is 0 Å². The summed E-state index contributed by atoms with van der Waals surface area (Å²) in [6, 6.07) is 8.36. The minimum absolute atomic E-state index is 0.00185. The van der Waals surface area contributed by atoms with Crippen molar-refractivity contribution in [3.63, 3.8) is 0 Å². The van der Waals surface area contributed by atoms with E-state index in [1.807, 2.05) is 13.1 Å². The third kappa shape index (κ3) is 3.07. The molecule has 1 heterocycles. The number of halogens is 1. The highest BCUT2D eigenvalue weighted by molar-refractivity contribution is 5.18. The maximum absolute atomic E-state index is 13.1. The molecule has 0 fully saturated rings. The van der Waals surface area contributed by atoms with Crippen LogP contribution in [0.1, 0.15) is 17.4 Å². The lowest BCUT2D eigenvalue weighted by molar-refractivity contribution is 0.553. The van der Waals surface area contributed by atoms with E-state index in [4.69, 9.17) is 0 Å². The monoisotopic (exact) mass is 231 g/mol. The number of rotatable bonds is 4. The Balaban J connectivity index is 2.16. The van der Waals surface area contributed by atoms with Crippen LogP contribution >= 0.6 is 0 Å². The van der Waals surface area contributed by atoms with Crippen LogP contribution in [0, 0.1) is 5.82 Å². The molecule has 17 heavy (non-hydrogen) atoms. The Morgan fingerprint density at radius 3 is 2.65 bits per heavy atom. The molecule has 0 aliphatic carbocycles. The summed E-state index contributed by atoms with van der Waals surface area (Å²) in [6.07, 6.45) is 4.08. The molecule has 0 aliphatic heterocycles. The van der Waals surface area contributed by atoms with E-state index >= 15 is 0 Å². The zero-order valence-electron chi connectivity index (χ0n) is 9.60. The predicted molar refractivity (Wildman–Crippen MR) is 63.9 cm³/mol. The normalized spacial score (nSPS) is 12.4. The van der Waals surface area contributed by atoms with Gasteiger partial charge in [-0.25, -0.2) is 14.4 Å². The molecule has 88 valence electrons. The highest BCUT2D eigenvalue weighted by Gasteiger charge is 2.12. The standard InChI is InChI=1S/C13H14FN3/c1-15-12(13-16-6-3-7-17-13)9-10-4-2-5-11(14)8-10/h2-8,12,15H,9H2,1H3. The summed E-state index contributed by atoms with van der Waals surface area (Å²) in [5.74, 6) is 0.505. The van der Waals surface area contributed by atoms with Gasteiger partial charge in [0, 0.05) is 12.4 Å². The molecule has 1 atom stereocenters. The SMILES string of the molecule is CNC(Cc1cccc(F)c1)c1ncccn1. The highest BCUT2D eigenvalue weighted by Crippen LogP contribution is 2.14. The van der Waals surface area contributed by atoms with E-state index in [9.17, 15) is 4.39 Å². The molecule has 1 unspecified atom stereocenters. The number of hydrogen-bond acceptors (Lipinski definition) is 3. The van der Waals surface area contributed by atoms with Gasteiger partial charge in [-0.15, -0.1) is 0 Å². The maximum atomic E-state index is 13.1. The summed E-state index contributed by atoms with van der Waals surface area (Å²) in [5, 5.41) is 3.14. The summed E-state index contributed by atoms with van der Waals surface area (Å²) in [5.41, 5.74) is 0.928. The number of nitrogens with one attached hydrogen (secondary N) is 1. The summed E-state index contributed by atoms with van der Waals surface area (Å²) < 4.78 is 13.1. The quantitative estimate of drug-likeness (QED) is 0.875. The van der Waals surface area contributed by atoms with E-state index in [2.05, 4.69) is 15.3 Å². The number of aromatic nitrogens is 2. The molecular weight excluding hydrogens is 217 g/mol. The second-order valence-electron chi connectivity index (χ2n) is 3.78. The van der Waals surface area contributed by atoms with Gasteiger partial charge < -0.3 is 5.32 Å². The van der Waals surface area contributed by atoms with Crippen molar-refractivity contribution in [2.45, 2.75) is 12.5 Å². The third-order valence-electron chi connectivity index (χ3n) is 2.57. The van der Waals surface area contributed by atoms with Crippen molar-refractivity contribution in [3.8, 4) is 0 Å². The first-order valence-corrected chi connectivity index (χ1v) is 5.48. The van der Waals surface area contributed by atoms with Gasteiger partial charge in [-0.05, 0) is 37.2 Å². The Labute approximate surface area is 99.7 Å². The lowest BCUT2D eigenvalue weighted by Gasteiger charge is -2.14. The van der Waals surface area contributed by atoms with Crippen molar-refractivity contribution >= 4 is 0 Å². The number of nitrogens with zero attached hydrogens (tertiary/aromatic N) is 2. The van der Waals surface area contributed by atoms with Crippen LogP contribution in [0.3, 0.4) is 0 Å². The molecule has 0 aliphatic rings. The molecule has 2 rings (SSSR count). The van der Waals surface area contributed by atoms with Crippen LogP contribution in [-0.4, -0.2) is 17.0 Å². The van der Waals surface area contributed by atoms with Gasteiger partial charge >= 0.3 is 0 Å². The molecule has 0 saturated heterocycles. The van der Waals surface area contributed by atoms with Gasteiger partial charge in [0.05, 0.1) is 6.04 Å². The first-order chi connectivity index (χ1) is 8.29. The van der Waals surface area contributed by atoms with E-state index in [0.717, 1.165) is 11.4 Å². The molecule has 1 aromatic carbocycles. The molecular formula is C13H14FN3. The van der Waals surface area contributed by atoms with E-state index < -0.39 is 0 Å². The predicted octanol–water partition coefficient (Wildman–Crippen LogP) is 2.12. The second kappa shape index (κ2) is 5.50. The molecule has 0 amide bonds. The molecule has 0 bridgehead atoms. The van der Waals surface area contributed by atoms with E-state index in [0.29, 0.717) is 6.42 Å². The summed E-state index contributed by atoms with van der Waals surface area (Å²) >= 11 is 0. The number of hydrogen-bond donors (Lipinski definition) is 1. The van der Waals surface area contributed by atoms with Crippen LogP contribution in [0.15, 0.2) is 42.7 Å². The minimum atomic E-state index is -0.216. The van der Waals surface area contributed by atoms with Crippen molar-refractivity contribution in [1.82, 2.24) is 15.3 Å². The van der Waals surface area contributed by atoms with Crippen LogP contribution in [-0.2, 0) is 6.42 Å². The molecule has 1 aromatic heterocycles. The van der Waals surface area contributed by atoms with Crippen molar-refractivity contribution in [1.29, 1.82) is 0 Å². The van der Waals surface area contributed by atoms with Gasteiger partial charge in [0.1, 0.15) is 11.6 Å². The van der Waals surface area contributed by atoms with Gasteiger partial charge in [0.25, 0.3) is 0 Å². The lowest BCUT2D eigenvalue weighted by atomic mass is 10.1. The van der Waals surface area contributed by atoms with Gasteiger partial charge in [0.15, 0.2) is 0 Å². The summed E-state index contributed by atoms with van der Waals surface area (Å²) in [4.78, 5) is 8.40. The molecule has 4 heteroatoms. The van der Waals surface area contributed by atoms with Crippen molar-refractivity contribution in [2.24, 2.45) is 0 Å². The Bertz CT molecular complexity index is 473. The zero-order chi connectivity index (χ0) is 12.1. The summed E-state index contributed by atoms with van der Waals surface area (Å²) in [7, 11) is 1.85. The van der Waals surface area contributed by atoms with Gasteiger partial charge in [-0.1, -0.05) is 12.1 Å². The van der Waals surface area contributed by atoms with Gasteiger partial charge in [-0.2, -0.15) is 0 Å². The molecule has 0 saturated carbocycles. The van der Waals surface area contributed by atoms with Crippen LogP contribution in [0.5, 0.6) is 0 Å². The Kier molecular flexibility index (Phi) is 3.77. The average Bonchev–Trinajstić information content (AvgIpc) is 2.37. The molecule has 0 spiro atoms. The molecule has 2 aromatic rings. The summed E-state index contributed by atoms with van der Waals surface area (Å²) in [6.45, 7) is 0. The topological polar surface area (TPSA) is 37.8 Å². The maximum Gasteiger partial charge on any atom is 0.145 e. The van der Waals surface area contributed by atoms with E-state index in [1.165, 1.54) is 12.1 Å². The van der Waals surface area contributed by atoms with Crippen molar-refractivity contribution in [3.05, 3.63) is 59.9 Å². The number of benzene rings is 1. The van der Waals surface area contributed by atoms with Crippen molar-refractivity contribution < 1.29 is 4.39 Å². The largest absolute Gasteiger partial charge is 0.310 e. The first-order valence-electron chi connectivity index (χ1n) is 5.48. The Morgan fingerprint density at radius 1 is 1.24 bits per heavy atom. The lowest BCUT2D eigenvalue weighted by Crippen LogP contribution is -2.21. The molecule has 3 nitrogen and oxygen atoms in total.